The maximum Gasteiger partial charge on any atom is 0.273 e. The van der Waals surface area contributed by atoms with Crippen LogP contribution in [0.1, 0.15) is 32.1 Å². The van der Waals surface area contributed by atoms with Crippen LogP contribution in [0.5, 0.6) is 5.19 Å². The third-order valence-electron chi connectivity index (χ3n) is 4.93. The van der Waals surface area contributed by atoms with Crippen molar-refractivity contribution in [1.29, 1.82) is 0 Å². The molecule has 130 valence electrons. The lowest BCUT2D eigenvalue weighted by atomic mass is 10.0. The summed E-state index contributed by atoms with van der Waals surface area (Å²) in [4.78, 5) is 10.3. The minimum absolute atomic E-state index is 0.670. The van der Waals surface area contributed by atoms with Gasteiger partial charge in [0.25, 0.3) is 5.19 Å². The lowest BCUT2D eigenvalue weighted by Gasteiger charge is -2.40. The number of rotatable bonds is 4. The summed E-state index contributed by atoms with van der Waals surface area (Å²) < 4.78 is 5.16. The lowest BCUT2D eigenvalue weighted by molar-refractivity contribution is 0.141. The fraction of sp³-hybridized carbons (Fsp3) is 0.688. The van der Waals surface area contributed by atoms with Crippen molar-refractivity contribution < 1.29 is 4.74 Å². The lowest BCUT2D eigenvalue weighted by Crippen LogP contribution is -2.46. The minimum atomic E-state index is 0.670. The first kappa shape index (κ1) is 16.2. The molecule has 2 aromatic rings. The highest BCUT2D eigenvalue weighted by Gasteiger charge is 2.27. The number of nitrogens with zero attached hydrogens (tertiary/aromatic N) is 5. The standard InChI is InChI=1S/C16H23N5OS2/c1-22-16-17-11-13(23-16)14-18-19-15(24-14)21-9-5-12(6-10-21)20-7-3-2-4-8-20/h11-12H,2-10H2,1H3. The third kappa shape index (κ3) is 3.41. The molecule has 2 aromatic heterocycles. The maximum atomic E-state index is 5.16. The Morgan fingerprint density at radius 1 is 1.04 bits per heavy atom. The molecule has 2 saturated heterocycles. The monoisotopic (exact) mass is 365 g/mol. The van der Waals surface area contributed by atoms with E-state index in [-0.39, 0.29) is 0 Å². The van der Waals surface area contributed by atoms with Crippen LogP contribution in [0.4, 0.5) is 5.13 Å². The Bertz CT molecular complexity index is 659. The van der Waals surface area contributed by atoms with Gasteiger partial charge in [-0.25, -0.2) is 4.98 Å². The van der Waals surface area contributed by atoms with E-state index in [0.29, 0.717) is 5.19 Å². The second-order valence-electron chi connectivity index (χ2n) is 6.40. The average molecular weight is 366 g/mol. The van der Waals surface area contributed by atoms with Crippen molar-refractivity contribution in [3.8, 4) is 15.1 Å². The molecule has 0 bridgehead atoms. The predicted octanol–water partition coefficient (Wildman–Crippen LogP) is 3.12. The van der Waals surface area contributed by atoms with Gasteiger partial charge in [0.05, 0.1) is 18.2 Å². The summed E-state index contributed by atoms with van der Waals surface area (Å²) in [5.41, 5.74) is 0. The van der Waals surface area contributed by atoms with Crippen LogP contribution in [0, 0.1) is 0 Å². The van der Waals surface area contributed by atoms with Crippen LogP contribution in [-0.4, -0.2) is 59.4 Å². The Balaban J connectivity index is 1.37. The van der Waals surface area contributed by atoms with Gasteiger partial charge < -0.3 is 14.5 Å². The second-order valence-corrected chi connectivity index (χ2v) is 8.35. The number of aromatic nitrogens is 3. The van der Waals surface area contributed by atoms with Crippen molar-refractivity contribution in [2.75, 3.05) is 38.2 Å². The first-order valence-corrected chi connectivity index (χ1v) is 10.3. The van der Waals surface area contributed by atoms with Crippen LogP contribution in [0.15, 0.2) is 6.20 Å². The summed E-state index contributed by atoms with van der Waals surface area (Å²) >= 11 is 3.17. The molecular formula is C16H23N5OS2. The average Bonchev–Trinajstić information content (AvgIpc) is 3.32. The van der Waals surface area contributed by atoms with Crippen molar-refractivity contribution in [1.82, 2.24) is 20.1 Å². The molecule has 6 nitrogen and oxygen atoms in total. The molecule has 0 unspecified atom stereocenters. The largest absolute Gasteiger partial charge is 0.473 e. The van der Waals surface area contributed by atoms with E-state index < -0.39 is 0 Å². The molecule has 0 N–H and O–H groups in total. The number of thiazole rings is 1. The van der Waals surface area contributed by atoms with Crippen molar-refractivity contribution in [2.45, 2.75) is 38.1 Å². The number of ether oxygens (including phenoxy) is 1. The Kier molecular flexibility index (Phi) is 4.96. The normalized spacial score (nSPS) is 20.5. The van der Waals surface area contributed by atoms with E-state index in [0.717, 1.165) is 34.1 Å². The van der Waals surface area contributed by atoms with Gasteiger partial charge in [-0.05, 0) is 38.8 Å². The molecule has 0 spiro atoms. The zero-order chi connectivity index (χ0) is 16.4. The molecule has 24 heavy (non-hydrogen) atoms. The second kappa shape index (κ2) is 7.33. The SMILES string of the molecule is COc1ncc(-c2nnc(N3CCC(N4CCCCC4)CC3)s2)s1. The topological polar surface area (TPSA) is 54.4 Å². The van der Waals surface area contributed by atoms with Gasteiger partial charge in [-0.15, -0.1) is 10.2 Å². The minimum Gasteiger partial charge on any atom is -0.473 e. The molecule has 8 heteroatoms. The van der Waals surface area contributed by atoms with Crippen LogP contribution in [0.25, 0.3) is 9.88 Å². The Morgan fingerprint density at radius 3 is 2.54 bits per heavy atom. The zero-order valence-corrected chi connectivity index (χ0v) is 15.6. The van der Waals surface area contributed by atoms with Crippen molar-refractivity contribution in [2.24, 2.45) is 0 Å². The molecule has 0 radical (unpaired) electrons. The summed E-state index contributed by atoms with van der Waals surface area (Å²) in [6, 6.07) is 0.764. The molecule has 4 rings (SSSR count). The summed E-state index contributed by atoms with van der Waals surface area (Å²) in [6.07, 6.45) is 8.45. The number of likely N-dealkylation sites (tertiary alicyclic amines) is 1. The third-order valence-corrected chi connectivity index (χ3v) is 7.04. The molecule has 4 heterocycles. The first-order valence-electron chi connectivity index (χ1n) is 8.66. The molecule has 0 saturated carbocycles. The van der Waals surface area contributed by atoms with Gasteiger partial charge in [0.15, 0.2) is 5.01 Å². The quantitative estimate of drug-likeness (QED) is 0.830. The highest BCUT2D eigenvalue weighted by atomic mass is 32.1. The molecule has 0 amide bonds. The molecule has 2 aliphatic heterocycles. The van der Waals surface area contributed by atoms with E-state index in [1.165, 1.54) is 56.5 Å². The number of piperidine rings is 2. The summed E-state index contributed by atoms with van der Waals surface area (Å²) in [5, 5.41) is 11.4. The van der Waals surface area contributed by atoms with E-state index in [1.54, 1.807) is 18.4 Å². The van der Waals surface area contributed by atoms with Crippen LogP contribution in [0.2, 0.25) is 0 Å². The fourth-order valence-corrected chi connectivity index (χ4v) is 5.26. The highest BCUT2D eigenvalue weighted by molar-refractivity contribution is 7.24. The van der Waals surface area contributed by atoms with E-state index in [4.69, 9.17) is 4.74 Å². The van der Waals surface area contributed by atoms with Crippen molar-refractivity contribution in [3.05, 3.63) is 6.20 Å². The Labute approximate surface area is 150 Å². The number of methoxy groups -OCH3 is 1. The molecule has 0 aromatic carbocycles. The predicted molar refractivity (Wildman–Crippen MR) is 98.2 cm³/mol. The van der Waals surface area contributed by atoms with Gasteiger partial charge >= 0.3 is 0 Å². The van der Waals surface area contributed by atoms with E-state index in [9.17, 15) is 0 Å². The summed E-state index contributed by atoms with van der Waals surface area (Å²) in [5.74, 6) is 0. The highest BCUT2D eigenvalue weighted by Crippen LogP contribution is 2.35. The van der Waals surface area contributed by atoms with E-state index in [1.807, 2.05) is 6.20 Å². The summed E-state index contributed by atoms with van der Waals surface area (Å²) in [6.45, 7) is 4.76. The fourth-order valence-electron chi connectivity index (χ4n) is 3.60. The van der Waals surface area contributed by atoms with Gasteiger partial charge in [0.2, 0.25) is 5.13 Å². The van der Waals surface area contributed by atoms with Gasteiger partial charge in [0.1, 0.15) is 0 Å². The zero-order valence-electron chi connectivity index (χ0n) is 14.0. The van der Waals surface area contributed by atoms with Gasteiger partial charge in [0, 0.05) is 19.1 Å². The molecule has 0 aliphatic carbocycles. The Hall–Kier alpha value is -1.25. The smallest absolute Gasteiger partial charge is 0.273 e. The van der Waals surface area contributed by atoms with Gasteiger partial charge in [-0.2, -0.15) is 0 Å². The van der Waals surface area contributed by atoms with Gasteiger partial charge in [-0.3, -0.25) is 0 Å². The number of hydrogen-bond acceptors (Lipinski definition) is 8. The molecule has 2 fully saturated rings. The number of anilines is 1. The van der Waals surface area contributed by atoms with Crippen LogP contribution < -0.4 is 9.64 Å². The molecule has 2 aliphatic rings. The first-order chi connectivity index (χ1) is 11.8. The van der Waals surface area contributed by atoms with Crippen molar-refractivity contribution >= 4 is 27.8 Å². The molecule has 0 atom stereocenters. The van der Waals surface area contributed by atoms with E-state index in [2.05, 4.69) is 25.0 Å². The van der Waals surface area contributed by atoms with Crippen LogP contribution in [0.3, 0.4) is 0 Å². The summed E-state index contributed by atoms with van der Waals surface area (Å²) in [7, 11) is 1.64. The van der Waals surface area contributed by atoms with Gasteiger partial charge in [-0.1, -0.05) is 29.1 Å². The van der Waals surface area contributed by atoms with Crippen molar-refractivity contribution in [3.63, 3.8) is 0 Å². The Morgan fingerprint density at radius 2 is 1.83 bits per heavy atom. The van der Waals surface area contributed by atoms with E-state index >= 15 is 0 Å². The molecular weight excluding hydrogens is 342 g/mol. The number of hydrogen-bond donors (Lipinski definition) is 0. The maximum absolute atomic E-state index is 5.16. The van der Waals surface area contributed by atoms with Crippen LogP contribution >= 0.6 is 22.7 Å². The van der Waals surface area contributed by atoms with Crippen LogP contribution in [-0.2, 0) is 0 Å².